The Hall–Kier alpha value is -1.22. The van der Waals surface area contributed by atoms with Gasteiger partial charge in [0.05, 0.1) is 5.69 Å². The maximum absolute atomic E-state index is 9.23. The van der Waals surface area contributed by atoms with E-state index in [1.165, 1.54) is 0 Å². The molecule has 0 aliphatic rings. The number of benzene rings is 1. The van der Waals surface area contributed by atoms with Gasteiger partial charge in [0.1, 0.15) is 5.75 Å². The van der Waals surface area contributed by atoms with Crippen LogP contribution in [0.15, 0.2) is 24.3 Å². The van der Waals surface area contributed by atoms with Gasteiger partial charge in [-0.25, -0.2) is 0 Å². The van der Waals surface area contributed by atoms with Crippen molar-refractivity contribution in [1.29, 1.82) is 0 Å². The van der Waals surface area contributed by atoms with E-state index >= 15 is 0 Å². The van der Waals surface area contributed by atoms with Crippen molar-refractivity contribution in [3.05, 3.63) is 24.3 Å². The molecule has 0 spiro atoms. The van der Waals surface area contributed by atoms with Gasteiger partial charge < -0.3 is 16.2 Å². The molecule has 0 aromatic heterocycles. The number of aromatic hydroxyl groups is 1. The van der Waals surface area contributed by atoms with Crippen molar-refractivity contribution < 1.29 is 5.11 Å². The molecular weight excluding hydrogens is 140 g/mol. The van der Waals surface area contributed by atoms with Crippen LogP contribution in [-0.2, 0) is 0 Å². The van der Waals surface area contributed by atoms with Gasteiger partial charge in [0.25, 0.3) is 0 Å². The van der Waals surface area contributed by atoms with Crippen molar-refractivity contribution in [2.24, 2.45) is 5.73 Å². The molecule has 0 saturated heterocycles. The summed E-state index contributed by atoms with van der Waals surface area (Å²) in [5.74, 6) is 0.265. The smallest absolute Gasteiger partial charge is 0.138 e. The van der Waals surface area contributed by atoms with Crippen molar-refractivity contribution in [1.82, 2.24) is 0 Å². The van der Waals surface area contributed by atoms with E-state index in [2.05, 4.69) is 5.32 Å². The van der Waals surface area contributed by atoms with Gasteiger partial charge in [0.2, 0.25) is 0 Å². The first-order chi connectivity index (χ1) is 5.34. The van der Waals surface area contributed by atoms with E-state index in [0.717, 1.165) is 5.69 Å². The van der Waals surface area contributed by atoms with Gasteiger partial charge in [0.15, 0.2) is 0 Å². The normalized spacial score (nSPS) is 9.55. The zero-order valence-corrected chi connectivity index (χ0v) is 6.25. The lowest BCUT2D eigenvalue weighted by atomic mass is 10.3. The van der Waals surface area contributed by atoms with Crippen molar-refractivity contribution in [3.63, 3.8) is 0 Å². The number of nitrogens with one attached hydrogen (secondary N) is 1. The Labute approximate surface area is 65.8 Å². The van der Waals surface area contributed by atoms with Crippen LogP contribution in [0.1, 0.15) is 0 Å². The number of phenols is 1. The second-order valence-electron chi connectivity index (χ2n) is 2.23. The molecule has 4 N–H and O–H groups in total. The van der Waals surface area contributed by atoms with E-state index < -0.39 is 0 Å². The molecule has 0 saturated carbocycles. The molecule has 3 nitrogen and oxygen atoms in total. The molecule has 11 heavy (non-hydrogen) atoms. The summed E-state index contributed by atoms with van der Waals surface area (Å²) >= 11 is 0. The summed E-state index contributed by atoms with van der Waals surface area (Å²) in [6.07, 6.45) is 0. The third-order valence-corrected chi connectivity index (χ3v) is 1.36. The number of para-hydroxylation sites is 2. The number of hydrogen-bond donors (Lipinski definition) is 3. The van der Waals surface area contributed by atoms with Gasteiger partial charge in [0, 0.05) is 13.1 Å². The van der Waals surface area contributed by atoms with E-state index in [4.69, 9.17) is 5.73 Å². The molecule has 0 aliphatic heterocycles. The summed E-state index contributed by atoms with van der Waals surface area (Å²) in [5, 5.41) is 12.2. The minimum Gasteiger partial charge on any atom is -0.506 e. The Bertz CT molecular complexity index is 225. The molecule has 0 fully saturated rings. The number of phenolic OH excluding ortho intramolecular Hbond substituents is 1. The van der Waals surface area contributed by atoms with Gasteiger partial charge in [-0.1, -0.05) is 12.1 Å². The number of rotatable bonds is 3. The molecule has 0 atom stereocenters. The highest BCUT2D eigenvalue weighted by molar-refractivity contribution is 5.55. The second kappa shape index (κ2) is 3.83. The standard InChI is InChI=1S/C8H12N2O/c9-5-6-10-7-3-1-2-4-8(7)11/h1-4,10-11H,5-6,9H2. The van der Waals surface area contributed by atoms with Gasteiger partial charge in [-0.15, -0.1) is 0 Å². The second-order valence-corrected chi connectivity index (χ2v) is 2.23. The van der Waals surface area contributed by atoms with E-state index in [0.29, 0.717) is 13.1 Å². The van der Waals surface area contributed by atoms with Crippen LogP contribution in [-0.4, -0.2) is 18.2 Å². The quantitative estimate of drug-likeness (QED) is 0.560. The summed E-state index contributed by atoms with van der Waals surface area (Å²) < 4.78 is 0. The predicted octanol–water partition coefficient (Wildman–Crippen LogP) is 0.763. The fraction of sp³-hybridized carbons (Fsp3) is 0.250. The minimum atomic E-state index is 0.265. The molecule has 0 unspecified atom stereocenters. The van der Waals surface area contributed by atoms with Crippen LogP contribution in [0.25, 0.3) is 0 Å². The molecule has 1 aromatic rings. The van der Waals surface area contributed by atoms with Crippen LogP contribution in [0.5, 0.6) is 5.75 Å². The Morgan fingerprint density at radius 2 is 2.09 bits per heavy atom. The molecule has 0 bridgehead atoms. The highest BCUT2D eigenvalue weighted by Gasteiger charge is 1.95. The highest BCUT2D eigenvalue weighted by Crippen LogP contribution is 2.20. The van der Waals surface area contributed by atoms with E-state index in [1.54, 1.807) is 12.1 Å². The molecular formula is C8H12N2O. The van der Waals surface area contributed by atoms with Crippen LogP contribution in [0.3, 0.4) is 0 Å². The molecule has 0 radical (unpaired) electrons. The maximum Gasteiger partial charge on any atom is 0.138 e. The average Bonchev–Trinajstić information content (AvgIpc) is 2.03. The minimum absolute atomic E-state index is 0.265. The van der Waals surface area contributed by atoms with Crippen molar-refractivity contribution >= 4 is 5.69 Å². The van der Waals surface area contributed by atoms with Crippen LogP contribution < -0.4 is 11.1 Å². The van der Waals surface area contributed by atoms with Crippen molar-refractivity contribution in [2.75, 3.05) is 18.4 Å². The third-order valence-electron chi connectivity index (χ3n) is 1.36. The predicted molar refractivity (Wildman–Crippen MR) is 45.7 cm³/mol. The molecule has 0 aliphatic carbocycles. The first-order valence-corrected chi connectivity index (χ1v) is 3.56. The monoisotopic (exact) mass is 152 g/mol. The maximum atomic E-state index is 9.23. The summed E-state index contributed by atoms with van der Waals surface area (Å²) in [6, 6.07) is 7.09. The summed E-state index contributed by atoms with van der Waals surface area (Å²) in [4.78, 5) is 0. The number of nitrogens with two attached hydrogens (primary N) is 1. The topological polar surface area (TPSA) is 58.3 Å². The van der Waals surface area contributed by atoms with Gasteiger partial charge in [-0.3, -0.25) is 0 Å². The number of hydrogen-bond acceptors (Lipinski definition) is 3. The van der Waals surface area contributed by atoms with E-state index in [-0.39, 0.29) is 5.75 Å². The summed E-state index contributed by atoms with van der Waals surface area (Å²) in [7, 11) is 0. The van der Waals surface area contributed by atoms with Gasteiger partial charge >= 0.3 is 0 Å². The first kappa shape index (κ1) is 7.88. The third kappa shape index (κ3) is 2.13. The molecule has 3 heteroatoms. The molecule has 1 aromatic carbocycles. The lowest BCUT2D eigenvalue weighted by Gasteiger charge is -2.05. The Morgan fingerprint density at radius 1 is 1.36 bits per heavy atom. The average molecular weight is 152 g/mol. The zero-order valence-electron chi connectivity index (χ0n) is 6.25. The summed E-state index contributed by atoms with van der Waals surface area (Å²) in [5.41, 5.74) is 6.02. The molecule has 0 heterocycles. The Balaban J connectivity index is 2.62. The zero-order chi connectivity index (χ0) is 8.10. The largest absolute Gasteiger partial charge is 0.506 e. The Morgan fingerprint density at radius 3 is 2.73 bits per heavy atom. The fourth-order valence-electron chi connectivity index (χ4n) is 0.830. The van der Waals surface area contributed by atoms with Crippen molar-refractivity contribution in [3.8, 4) is 5.75 Å². The fourth-order valence-corrected chi connectivity index (χ4v) is 0.830. The number of anilines is 1. The highest BCUT2D eigenvalue weighted by atomic mass is 16.3. The first-order valence-electron chi connectivity index (χ1n) is 3.56. The molecule has 0 amide bonds. The lowest BCUT2D eigenvalue weighted by Crippen LogP contribution is -2.12. The van der Waals surface area contributed by atoms with Crippen molar-refractivity contribution in [2.45, 2.75) is 0 Å². The SMILES string of the molecule is NCCNc1ccccc1O. The lowest BCUT2D eigenvalue weighted by molar-refractivity contribution is 0.477. The van der Waals surface area contributed by atoms with Crippen LogP contribution in [0.4, 0.5) is 5.69 Å². The van der Waals surface area contributed by atoms with Crippen LogP contribution >= 0.6 is 0 Å². The van der Waals surface area contributed by atoms with Crippen LogP contribution in [0, 0.1) is 0 Å². The summed E-state index contributed by atoms with van der Waals surface area (Å²) in [6.45, 7) is 1.24. The molecule has 1 rings (SSSR count). The van der Waals surface area contributed by atoms with Gasteiger partial charge in [-0.05, 0) is 12.1 Å². The molecule has 60 valence electrons. The van der Waals surface area contributed by atoms with E-state index in [1.807, 2.05) is 12.1 Å². The Kier molecular flexibility index (Phi) is 2.74. The van der Waals surface area contributed by atoms with E-state index in [9.17, 15) is 5.11 Å². The van der Waals surface area contributed by atoms with Gasteiger partial charge in [-0.2, -0.15) is 0 Å². The van der Waals surface area contributed by atoms with Crippen LogP contribution in [0.2, 0.25) is 0 Å².